The molecule has 0 aliphatic heterocycles. The van der Waals surface area contributed by atoms with Gasteiger partial charge in [-0.15, -0.1) is 0 Å². The van der Waals surface area contributed by atoms with E-state index in [1.54, 1.807) is 0 Å². The summed E-state index contributed by atoms with van der Waals surface area (Å²) in [5.74, 6) is 0.558. The molecule has 1 aromatic carbocycles. The van der Waals surface area contributed by atoms with E-state index >= 15 is 0 Å². The number of rotatable bonds is 1. The van der Waals surface area contributed by atoms with Gasteiger partial charge in [-0.05, 0) is 36.6 Å². The fourth-order valence-corrected chi connectivity index (χ4v) is 1.78. The van der Waals surface area contributed by atoms with Crippen molar-refractivity contribution in [1.29, 1.82) is 0 Å². The summed E-state index contributed by atoms with van der Waals surface area (Å²) in [5, 5.41) is 1.29. The Bertz CT molecular complexity index is 458. The third-order valence-corrected chi connectivity index (χ3v) is 2.55. The molecular weight excluding hydrogens is 194 g/mol. The highest BCUT2D eigenvalue weighted by atomic mass is 14.6. The molecule has 16 heavy (non-hydrogen) atoms. The fourth-order valence-electron chi connectivity index (χ4n) is 1.78. The summed E-state index contributed by atoms with van der Waals surface area (Å²) in [7, 11) is 0. The normalized spacial score (nSPS) is 10.1. The monoisotopic (exact) mass is 215 g/mol. The van der Waals surface area contributed by atoms with Crippen LogP contribution in [0.5, 0.6) is 0 Å². The molecule has 0 fully saturated rings. The molecule has 86 valence electrons. The molecule has 2 rings (SSSR count). The van der Waals surface area contributed by atoms with Gasteiger partial charge in [-0.1, -0.05) is 39.3 Å². The molecule has 0 radical (unpaired) electrons. The van der Waals surface area contributed by atoms with Gasteiger partial charge in [0.1, 0.15) is 0 Å². The second kappa shape index (κ2) is 5.64. The zero-order valence-electron chi connectivity index (χ0n) is 10.9. The Hall–Kier alpha value is -1.37. The van der Waals surface area contributed by atoms with E-state index in [-0.39, 0.29) is 0 Å². The van der Waals surface area contributed by atoms with E-state index in [4.69, 9.17) is 0 Å². The van der Waals surface area contributed by atoms with Crippen LogP contribution in [-0.2, 0) is 0 Å². The van der Waals surface area contributed by atoms with E-state index in [0.717, 1.165) is 5.52 Å². The first-order valence-corrected chi connectivity index (χ1v) is 6.04. The number of nitrogens with zero attached hydrogens (tertiary/aromatic N) is 1. The van der Waals surface area contributed by atoms with Crippen molar-refractivity contribution in [3.8, 4) is 0 Å². The van der Waals surface area contributed by atoms with Crippen LogP contribution in [0.4, 0.5) is 0 Å². The maximum absolute atomic E-state index is 4.37. The van der Waals surface area contributed by atoms with Gasteiger partial charge < -0.3 is 0 Å². The quantitative estimate of drug-likeness (QED) is 0.672. The highest BCUT2D eigenvalue weighted by Gasteiger charge is 2.04. The number of aromatic nitrogens is 1. The number of benzene rings is 1. The molecule has 0 aliphatic rings. The van der Waals surface area contributed by atoms with Gasteiger partial charge in [0.25, 0.3) is 0 Å². The van der Waals surface area contributed by atoms with Gasteiger partial charge in [0, 0.05) is 11.6 Å². The molecule has 1 aromatic heterocycles. The van der Waals surface area contributed by atoms with Crippen LogP contribution in [0.1, 0.15) is 44.7 Å². The summed E-state index contributed by atoms with van der Waals surface area (Å²) in [6.45, 7) is 10.6. The van der Waals surface area contributed by atoms with Gasteiger partial charge in [-0.25, -0.2) is 0 Å². The van der Waals surface area contributed by atoms with Gasteiger partial charge in [0.2, 0.25) is 0 Å². The molecule has 1 heterocycles. The smallest absolute Gasteiger partial charge is 0.0705 e. The minimum atomic E-state index is 0.558. The summed E-state index contributed by atoms with van der Waals surface area (Å²) in [4.78, 5) is 4.37. The molecule has 1 heteroatoms. The van der Waals surface area contributed by atoms with Crippen LogP contribution in [-0.4, -0.2) is 4.98 Å². The van der Waals surface area contributed by atoms with Crippen molar-refractivity contribution >= 4 is 10.9 Å². The third kappa shape index (κ3) is 2.60. The Morgan fingerprint density at radius 2 is 1.75 bits per heavy atom. The predicted octanol–water partition coefficient (Wildman–Crippen LogP) is 4.69. The summed E-state index contributed by atoms with van der Waals surface area (Å²) >= 11 is 0. The molecule has 0 atom stereocenters. The lowest BCUT2D eigenvalue weighted by molar-refractivity contribution is 0.874. The number of hydrogen-bond donors (Lipinski definition) is 0. The minimum Gasteiger partial charge on any atom is -0.256 e. The Labute approximate surface area is 98.5 Å². The molecular formula is C15H21N. The fraction of sp³-hybridized carbons (Fsp3) is 0.400. The second-order valence-corrected chi connectivity index (χ2v) is 4.08. The second-order valence-electron chi connectivity index (χ2n) is 4.08. The topological polar surface area (TPSA) is 12.9 Å². The first-order valence-electron chi connectivity index (χ1n) is 6.04. The molecule has 0 spiro atoms. The maximum atomic E-state index is 4.37. The van der Waals surface area contributed by atoms with Crippen LogP contribution in [0, 0.1) is 6.92 Å². The average Bonchev–Trinajstić information content (AvgIpc) is 2.30. The Morgan fingerprint density at radius 1 is 1.06 bits per heavy atom. The zero-order valence-corrected chi connectivity index (χ0v) is 10.9. The molecule has 0 N–H and O–H groups in total. The van der Waals surface area contributed by atoms with Gasteiger partial charge in [-0.3, -0.25) is 4.98 Å². The molecule has 0 saturated carbocycles. The van der Waals surface area contributed by atoms with E-state index < -0.39 is 0 Å². The van der Waals surface area contributed by atoms with Gasteiger partial charge in [0.15, 0.2) is 0 Å². The lowest BCUT2D eigenvalue weighted by Crippen LogP contribution is -1.91. The van der Waals surface area contributed by atoms with Crippen molar-refractivity contribution in [3.05, 3.63) is 41.6 Å². The number of fused-ring (bicyclic) bond motifs is 1. The predicted molar refractivity (Wildman–Crippen MR) is 71.9 cm³/mol. The number of hydrogen-bond acceptors (Lipinski definition) is 1. The van der Waals surface area contributed by atoms with Crippen molar-refractivity contribution in [2.75, 3.05) is 0 Å². The highest BCUT2D eigenvalue weighted by Crippen LogP contribution is 2.24. The van der Waals surface area contributed by atoms with Crippen LogP contribution in [0.2, 0.25) is 0 Å². The summed E-state index contributed by atoms with van der Waals surface area (Å²) in [6, 6.07) is 8.54. The van der Waals surface area contributed by atoms with Crippen LogP contribution in [0.25, 0.3) is 10.9 Å². The van der Waals surface area contributed by atoms with E-state index in [1.165, 1.54) is 16.5 Å². The first kappa shape index (κ1) is 12.7. The van der Waals surface area contributed by atoms with Crippen LogP contribution < -0.4 is 0 Å². The number of pyridine rings is 1. The SMILES string of the molecule is CC.Cc1ccc2nccc(C(C)C)c2c1. The lowest BCUT2D eigenvalue weighted by Gasteiger charge is -2.09. The minimum absolute atomic E-state index is 0.558. The molecule has 0 aliphatic carbocycles. The summed E-state index contributed by atoms with van der Waals surface area (Å²) in [5.41, 5.74) is 3.79. The van der Waals surface area contributed by atoms with E-state index in [9.17, 15) is 0 Å². The van der Waals surface area contributed by atoms with Crippen LogP contribution in [0.15, 0.2) is 30.5 Å². The summed E-state index contributed by atoms with van der Waals surface area (Å²) < 4.78 is 0. The average molecular weight is 215 g/mol. The van der Waals surface area contributed by atoms with Gasteiger partial charge in [0.05, 0.1) is 5.52 Å². The van der Waals surface area contributed by atoms with E-state index in [0.29, 0.717) is 5.92 Å². The third-order valence-electron chi connectivity index (χ3n) is 2.55. The van der Waals surface area contributed by atoms with Crippen molar-refractivity contribution in [1.82, 2.24) is 4.98 Å². The Balaban J connectivity index is 0.000000606. The largest absolute Gasteiger partial charge is 0.256 e. The number of aryl methyl sites for hydroxylation is 1. The summed E-state index contributed by atoms with van der Waals surface area (Å²) in [6.07, 6.45) is 1.90. The highest BCUT2D eigenvalue weighted by molar-refractivity contribution is 5.83. The lowest BCUT2D eigenvalue weighted by atomic mass is 9.98. The molecule has 0 bridgehead atoms. The van der Waals surface area contributed by atoms with Gasteiger partial charge in [-0.2, -0.15) is 0 Å². The molecule has 0 saturated heterocycles. The van der Waals surface area contributed by atoms with Crippen molar-refractivity contribution in [3.63, 3.8) is 0 Å². The van der Waals surface area contributed by atoms with Gasteiger partial charge >= 0.3 is 0 Å². The molecule has 1 nitrogen and oxygen atoms in total. The Morgan fingerprint density at radius 3 is 2.38 bits per heavy atom. The first-order chi connectivity index (χ1) is 7.68. The molecule has 2 aromatic rings. The maximum Gasteiger partial charge on any atom is 0.0705 e. The van der Waals surface area contributed by atoms with Crippen molar-refractivity contribution in [2.24, 2.45) is 0 Å². The zero-order chi connectivity index (χ0) is 12.1. The van der Waals surface area contributed by atoms with Crippen molar-refractivity contribution < 1.29 is 0 Å². The standard InChI is InChI=1S/C13H15N.C2H6/c1-9(2)11-6-7-14-13-5-4-10(3)8-12(11)13;1-2/h4-9H,1-3H3;1-2H3. The van der Waals surface area contributed by atoms with E-state index in [2.05, 4.69) is 50.0 Å². The van der Waals surface area contributed by atoms with Crippen LogP contribution in [0.3, 0.4) is 0 Å². The van der Waals surface area contributed by atoms with Crippen LogP contribution >= 0.6 is 0 Å². The Kier molecular flexibility index (Phi) is 4.48. The molecule has 0 unspecified atom stereocenters. The van der Waals surface area contributed by atoms with Crippen molar-refractivity contribution in [2.45, 2.75) is 40.5 Å². The van der Waals surface area contributed by atoms with E-state index in [1.807, 2.05) is 20.0 Å². The molecule has 0 amide bonds.